The van der Waals surface area contributed by atoms with Gasteiger partial charge in [-0.3, -0.25) is 0 Å². The van der Waals surface area contributed by atoms with Crippen LogP contribution in [0.3, 0.4) is 0 Å². The summed E-state index contributed by atoms with van der Waals surface area (Å²) in [5.74, 6) is -0.927. The molecule has 3 nitrogen and oxygen atoms in total. The topological polar surface area (TPSA) is 49.3 Å². The molecule has 0 spiro atoms. The summed E-state index contributed by atoms with van der Waals surface area (Å²) in [6.07, 6.45) is 0. The van der Waals surface area contributed by atoms with Crippen LogP contribution in [0.4, 0.5) is 5.69 Å². The molecule has 0 bridgehead atoms. The van der Waals surface area contributed by atoms with Crippen molar-refractivity contribution in [3.8, 4) is 22.3 Å². The van der Waals surface area contributed by atoms with E-state index in [1.54, 1.807) is 18.2 Å². The highest BCUT2D eigenvalue weighted by Gasteiger charge is 2.11. The third-order valence-corrected chi connectivity index (χ3v) is 5.26. The van der Waals surface area contributed by atoms with Crippen molar-refractivity contribution in [2.75, 3.05) is 5.32 Å². The zero-order valence-corrected chi connectivity index (χ0v) is 17.1. The van der Waals surface area contributed by atoms with E-state index in [1.807, 2.05) is 48.5 Å². The smallest absolute Gasteiger partial charge is 0.335 e. The SMILES string of the molecule is O=C(O)c1cccc(-c2ccc(NCc3ccc(S)cc3)cc2-c2ccccc2)c1. The Hall–Kier alpha value is -3.50. The number of anilines is 1. The number of benzene rings is 4. The lowest BCUT2D eigenvalue weighted by molar-refractivity contribution is 0.0697. The monoisotopic (exact) mass is 411 g/mol. The second kappa shape index (κ2) is 8.89. The van der Waals surface area contributed by atoms with Gasteiger partial charge in [0.2, 0.25) is 0 Å². The molecule has 4 heteroatoms. The zero-order valence-electron chi connectivity index (χ0n) is 16.2. The van der Waals surface area contributed by atoms with E-state index in [9.17, 15) is 9.90 Å². The Morgan fingerprint density at radius 3 is 2.23 bits per heavy atom. The molecule has 0 aromatic heterocycles. The van der Waals surface area contributed by atoms with Crippen molar-refractivity contribution in [1.82, 2.24) is 0 Å². The molecular formula is C26H21NO2S. The van der Waals surface area contributed by atoms with E-state index < -0.39 is 5.97 Å². The molecule has 0 aliphatic rings. The Bertz CT molecular complexity index is 1170. The lowest BCUT2D eigenvalue weighted by Gasteiger charge is -2.14. The number of hydrogen-bond donors (Lipinski definition) is 3. The molecule has 0 amide bonds. The van der Waals surface area contributed by atoms with Gasteiger partial charge < -0.3 is 10.4 Å². The molecular weight excluding hydrogens is 390 g/mol. The van der Waals surface area contributed by atoms with Crippen LogP contribution in [-0.2, 0) is 6.54 Å². The minimum atomic E-state index is -0.927. The first-order chi connectivity index (χ1) is 14.6. The maximum atomic E-state index is 11.4. The van der Waals surface area contributed by atoms with Crippen molar-refractivity contribution in [1.29, 1.82) is 0 Å². The summed E-state index contributed by atoms with van der Waals surface area (Å²) >= 11 is 4.33. The van der Waals surface area contributed by atoms with Crippen LogP contribution in [0, 0.1) is 0 Å². The zero-order chi connectivity index (χ0) is 20.9. The van der Waals surface area contributed by atoms with Gasteiger partial charge in [-0.05, 0) is 64.2 Å². The molecule has 4 aromatic rings. The number of rotatable bonds is 6. The van der Waals surface area contributed by atoms with Crippen LogP contribution in [0.2, 0.25) is 0 Å². The molecule has 0 aliphatic carbocycles. The van der Waals surface area contributed by atoms with Gasteiger partial charge in [0.05, 0.1) is 5.56 Å². The van der Waals surface area contributed by atoms with Crippen molar-refractivity contribution in [3.63, 3.8) is 0 Å². The van der Waals surface area contributed by atoms with Gasteiger partial charge in [-0.25, -0.2) is 4.79 Å². The summed E-state index contributed by atoms with van der Waals surface area (Å²) in [5, 5.41) is 12.8. The first-order valence-electron chi connectivity index (χ1n) is 9.65. The number of carboxylic acids is 1. The van der Waals surface area contributed by atoms with Gasteiger partial charge in [0.15, 0.2) is 0 Å². The minimum Gasteiger partial charge on any atom is -0.478 e. The highest BCUT2D eigenvalue weighted by Crippen LogP contribution is 2.35. The summed E-state index contributed by atoms with van der Waals surface area (Å²) < 4.78 is 0. The Morgan fingerprint density at radius 1 is 0.767 bits per heavy atom. The van der Waals surface area contributed by atoms with Crippen molar-refractivity contribution in [2.45, 2.75) is 11.4 Å². The van der Waals surface area contributed by atoms with Crippen LogP contribution < -0.4 is 5.32 Å². The summed E-state index contributed by atoms with van der Waals surface area (Å²) in [6.45, 7) is 0.704. The first-order valence-corrected chi connectivity index (χ1v) is 10.1. The van der Waals surface area contributed by atoms with E-state index >= 15 is 0 Å². The largest absolute Gasteiger partial charge is 0.478 e. The molecule has 4 aromatic carbocycles. The average molecular weight is 412 g/mol. The number of thiol groups is 1. The quantitative estimate of drug-likeness (QED) is 0.313. The summed E-state index contributed by atoms with van der Waals surface area (Å²) in [4.78, 5) is 12.4. The lowest BCUT2D eigenvalue weighted by atomic mass is 9.93. The first kappa shape index (κ1) is 19.8. The van der Waals surface area contributed by atoms with Gasteiger partial charge in [-0.1, -0.05) is 60.7 Å². The van der Waals surface area contributed by atoms with E-state index in [2.05, 4.69) is 48.3 Å². The third kappa shape index (κ3) is 4.56. The van der Waals surface area contributed by atoms with Crippen LogP contribution >= 0.6 is 12.6 Å². The summed E-state index contributed by atoms with van der Waals surface area (Å²) in [5.41, 5.74) is 6.46. The molecule has 0 saturated heterocycles. The molecule has 0 atom stereocenters. The van der Waals surface area contributed by atoms with Crippen LogP contribution in [0.15, 0.2) is 102 Å². The normalized spacial score (nSPS) is 10.6. The number of carbonyl (C=O) groups is 1. The van der Waals surface area contributed by atoms with Crippen molar-refractivity contribution >= 4 is 24.3 Å². The van der Waals surface area contributed by atoms with Crippen LogP contribution in [0.25, 0.3) is 22.3 Å². The molecule has 0 saturated carbocycles. The molecule has 148 valence electrons. The van der Waals surface area contributed by atoms with E-state index in [0.29, 0.717) is 6.54 Å². The third-order valence-electron chi connectivity index (χ3n) is 4.96. The maximum Gasteiger partial charge on any atom is 0.335 e. The van der Waals surface area contributed by atoms with Gasteiger partial charge in [-0.2, -0.15) is 0 Å². The van der Waals surface area contributed by atoms with Crippen LogP contribution in [0.1, 0.15) is 15.9 Å². The van der Waals surface area contributed by atoms with E-state index in [4.69, 9.17) is 0 Å². The Balaban J connectivity index is 1.71. The molecule has 0 heterocycles. The Morgan fingerprint density at radius 2 is 1.50 bits per heavy atom. The van der Waals surface area contributed by atoms with Crippen molar-refractivity contribution in [2.24, 2.45) is 0 Å². The molecule has 0 radical (unpaired) electrons. The Labute approximate surface area is 181 Å². The number of nitrogens with one attached hydrogen (secondary N) is 1. The van der Waals surface area contributed by atoms with E-state index in [1.165, 1.54) is 5.56 Å². The number of hydrogen-bond acceptors (Lipinski definition) is 3. The molecule has 0 aliphatic heterocycles. The fourth-order valence-corrected chi connectivity index (χ4v) is 3.55. The second-order valence-corrected chi connectivity index (χ2v) is 7.55. The van der Waals surface area contributed by atoms with Gasteiger partial charge in [-0.15, -0.1) is 12.6 Å². The molecule has 4 rings (SSSR count). The molecule has 0 unspecified atom stereocenters. The fraction of sp³-hybridized carbons (Fsp3) is 0.0385. The van der Waals surface area contributed by atoms with Gasteiger partial charge >= 0.3 is 5.97 Å². The molecule has 2 N–H and O–H groups in total. The van der Waals surface area contributed by atoms with Crippen LogP contribution in [-0.4, -0.2) is 11.1 Å². The van der Waals surface area contributed by atoms with Gasteiger partial charge in [0.25, 0.3) is 0 Å². The maximum absolute atomic E-state index is 11.4. The standard InChI is InChI=1S/C26H21NO2S/c28-26(29)21-8-4-7-20(15-21)24-14-11-22(16-25(24)19-5-2-1-3-6-19)27-17-18-9-12-23(30)13-10-18/h1-16,27,30H,17H2,(H,28,29). The number of aromatic carboxylic acids is 1. The second-order valence-electron chi connectivity index (χ2n) is 7.03. The predicted octanol–water partition coefficient (Wildman–Crippen LogP) is 6.62. The van der Waals surface area contributed by atoms with Crippen LogP contribution in [0.5, 0.6) is 0 Å². The van der Waals surface area contributed by atoms with E-state index in [-0.39, 0.29) is 5.56 Å². The van der Waals surface area contributed by atoms with Gasteiger partial charge in [0, 0.05) is 17.1 Å². The molecule has 30 heavy (non-hydrogen) atoms. The predicted molar refractivity (Wildman–Crippen MR) is 125 cm³/mol. The van der Waals surface area contributed by atoms with E-state index in [0.717, 1.165) is 32.8 Å². The molecule has 0 fully saturated rings. The highest BCUT2D eigenvalue weighted by atomic mass is 32.1. The van der Waals surface area contributed by atoms with Crippen molar-refractivity contribution in [3.05, 3.63) is 108 Å². The summed E-state index contributed by atoms with van der Waals surface area (Å²) in [7, 11) is 0. The number of carboxylic acid groups (broad SMARTS) is 1. The minimum absolute atomic E-state index is 0.279. The lowest BCUT2D eigenvalue weighted by Crippen LogP contribution is -2.00. The fourth-order valence-electron chi connectivity index (χ4n) is 3.40. The average Bonchev–Trinajstić information content (AvgIpc) is 2.79. The highest BCUT2D eigenvalue weighted by molar-refractivity contribution is 7.80. The summed E-state index contributed by atoms with van der Waals surface area (Å²) in [6, 6.07) is 31.4. The van der Waals surface area contributed by atoms with Gasteiger partial charge in [0.1, 0.15) is 0 Å². The Kier molecular flexibility index (Phi) is 5.87. The van der Waals surface area contributed by atoms with Crippen molar-refractivity contribution < 1.29 is 9.90 Å².